The van der Waals surface area contributed by atoms with Gasteiger partial charge in [-0.25, -0.2) is 0 Å². The van der Waals surface area contributed by atoms with Crippen LogP contribution in [0.3, 0.4) is 0 Å². The first-order valence-corrected chi connectivity index (χ1v) is 16.5. The Morgan fingerprint density at radius 2 is 0.600 bits per heavy atom. The lowest BCUT2D eigenvalue weighted by molar-refractivity contribution is -0.138. The topological polar surface area (TPSA) is 74.6 Å². The number of carboxylic acid groups (broad SMARTS) is 2. The van der Waals surface area contributed by atoms with Crippen LogP contribution in [0.15, 0.2) is 49.6 Å². The predicted molar refractivity (Wildman–Crippen MR) is 174 cm³/mol. The van der Waals surface area contributed by atoms with Crippen molar-refractivity contribution in [2.45, 2.75) is 167 Å². The number of hydrogen-bond acceptors (Lipinski definition) is 2. The van der Waals surface area contributed by atoms with Gasteiger partial charge in [-0.2, -0.15) is 0 Å². The highest BCUT2D eigenvalue weighted by molar-refractivity contribution is 5.66. The highest BCUT2D eigenvalue weighted by atomic mass is 16.4. The lowest BCUT2D eigenvalue weighted by Crippen LogP contribution is -1.93. The molecule has 0 fully saturated rings. The molecule has 0 amide bonds. The van der Waals surface area contributed by atoms with Gasteiger partial charge in [-0.1, -0.05) is 101 Å². The highest BCUT2D eigenvalue weighted by Crippen LogP contribution is 2.11. The van der Waals surface area contributed by atoms with Crippen LogP contribution in [0.5, 0.6) is 0 Å². The van der Waals surface area contributed by atoms with Crippen molar-refractivity contribution in [2.75, 3.05) is 0 Å². The van der Waals surface area contributed by atoms with Crippen LogP contribution in [0.2, 0.25) is 0 Å². The number of aliphatic carboxylic acids is 2. The zero-order chi connectivity index (χ0) is 29.8. The fourth-order valence-corrected chi connectivity index (χ4v) is 4.42. The Kier molecular flexibility index (Phi) is 36.9. The largest absolute Gasteiger partial charge is 0.481 e. The van der Waals surface area contributed by atoms with Crippen molar-refractivity contribution in [3.63, 3.8) is 0 Å². The van der Waals surface area contributed by atoms with Crippen molar-refractivity contribution in [3.05, 3.63) is 49.6 Å². The van der Waals surface area contributed by atoms with E-state index in [0.717, 1.165) is 51.4 Å². The van der Waals surface area contributed by atoms with E-state index in [-0.39, 0.29) is 0 Å². The molecule has 4 heteroatoms. The molecule has 4 nitrogen and oxygen atoms in total. The molecule has 0 aromatic rings. The van der Waals surface area contributed by atoms with Gasteiger partial charge >= 0.3 is 11.9 Å². The zero-order valence-corrected chi connectivity index (χ0v) is 26.0. The summed E-state index contributed by atoms with van der Waals surface area (Å²) in [6, 6.07) is 0. The highest BCUT2D eigenvalue weighted by Gasteiger charge is 1.97. The minimum absolute atomic E-state index is 0.302. The van der Waals surface area contributed by atoms with E-state index in [2.05, 4.69) is 37.5 Å². The van der Waals surface area contributed by atoms with Crippen LogP contribution >= 0.6 is 0 Å². The number of rotatable bonds is 30. The maximum atomic E-state index is 10.3. The quantitative estimate of drug-likeness (QED) is 0.0676. The van der Waals surface area contributed by atoms with E-state index >= 15 is 0 Å². The van der Waals surface area contributed by atoms with Crippen molar-refractivity contribution in [1.82, 2.24) is 0 Å². The predicted octanol–water partition coefficient (Wildman–Crippen LogP) is 11.8. The summed E-state index contributed by atoms with van der Waals surface area (Å²) < 4.78 is 0. The molecule has 0 saturated heterocycles. The fraction of sp³-hybridized carbons (Fsp3) is 0.722. The van der Waals surface area contributed by atoms with Gasteiger partial charge in [-0.3, -0.25) is 9.59 Å². The molecule has 0 aromatic carbocycles. The second-order valence-corrected chi connectivity index (χ2v) is 10.9. The minimum atomic E-state index is -0.690. The van der Waals surface area contributed by atoms with Crippen LogP contribution in [0, 0.1) is 0 Å². The molecule has 0 saturated carbocycles. The molecule has 0 aliphatic heterocycles. The van der Waals surface area contributed by atoms with Gasteiger partial charge in [0.2, 0.25) is 0 Å². The van der Waals surface area contributed by atoms with Crippen molar-refractivity contribution >= 4 is 11.9 Å². The monoisotopic (exact) mass is 560 g/mol. The van der Waals surface area contributed by atoms with E-state index in [1.165, 1.54) is 103 Å². The number of carboxylic acids is 2. The molecule has 0 aromatic heterocycles. The second-order valence-electron chi connectivity index (χ2n) is 10.9. The van der Waals surface area contributed by atoms with Crippen molar-refractivity contribution < 1.29 is 19.8 Å². The maximum Gasteiger partial charge on any atom is 0.303 e. The summed E-state index contributed by atoms with van der Waals surface area (Å²) in [7, 11) is 0. The summed E-state index contributed by atoms with van der Waals surface area (Å²) >= 11 is 0. The lowest BCUT2D eigenvalue weighted by Gasteiger charge is -1.99. The lowest BCUT2D eigenvalue weighted by atomic mass is 10.1. The van der Waals surface area contributed by atoms with Crippen LogP contribution < -0.4 is 0 Å². The van der Waals surface area contributed by atoms with Crippen molar-refractivity contribution in [2.24, 2.45) is 0 Å². The SMILES string of the molecule is C=CCCCCCC/C=C\CCCCCCC=C.O=C(O)CCCCCCC/C=C\CCCCCCCC(=O)O. The molecule has 0 aliphatic carbocycles. The van der Waals surface area contributed by atoms with Crippen LogP contribution in [-0.4, -0.2) is 22.2 Å². The molecular weight excluding hydrogens is 496 g/mol. The summed E-state index contributed by atoms with van der Waals surface area (Å²) in [4.78, 5) is 20.7. The Bertz CT molecular complexity index is 568. The summed E-state index contributed by atoms with van der Waals surface area (Å²) in [6.07, 6.45) is 42.6. The van der Waals surface area contributed by atoms with E-state index in [0.29, 0.717) is 12.8 Å². The number of allylic oxidation sites excluding steroid dienone is 6. The molecule has 2 N–H and O–H groups in total. The minimum Gasteiger partial charge on any atom is -0.481 e. The normalized spacial score (nSPS) is 11.0. The first-order chi connectivity index (χ1) is 19.5. The maximum absolute atomic E-state index is 10.3. The van der Waals surface area contributed by atoms with Gasteiger partial charge in [0.15, 0.2) is 0 Å². The Morgan fingerprint density at radius 1 is 0.375 bits per heavy atom. The van der Waals surface area contributed by atoms with Gasteiger partial charge in [0.25, 0.3) is 0 Å². The van der Waals surface area contributed by atoms with Gasteiger partial charge in [-0.05, 0) is 89.9 Å². The number of unbranched alkanes of at least 4 members (excludes halogenated alkanes) is 20. The molecular formula is C36H64O4. The Balaban J connectivity index is 0. The van der Waals surface area contributed by atoms with E-state index in [1.54, 1.807) is 0 Å². The second kappa shape index (κ2) is 36.9. The summed E-state index contributed by atoms with van der Waals surface area (Å²) in [5.74, 6) is -1.38. The summed E-state index contributed by atoms with van der Waals surface area (Å²) in [5.41, 5.74) is 0. The van der Waals surface area contributed by atoms with Gasteiger partial charge < -0.3 is 10.2 Å². The average Bonchev–Trinajstić information content (AvgIpc) is 2.93. The van der Waals surface area contributed by atoms with Gasteiger partial charge in [0.1, 0.15) is 0 Å². The fourth-order valence-electron chi connectivity index (χ4n) is 4.42. The Morgan fingerprint density at radius 3 is 0.850 bits per heavy atom. The van der Waals surface area contributed by atoms with E-state index in [4.69, 9.17) is 10.2 Å². The molecule has 0 atom stereocenters. The number of hydrogen-bond donors (Lipinski definition) is 2. The third-order valence-corrected chi connectivity index (χ3v) is 6.91. The third-order valence-electron chi connectivity index (χ3n) is 6.91. The van der Waals surface area contributed by atoms with Crippen LogP contribution in [0.4, 0.5) is 0 Å². The Labute approximate surface area is 248 Å². The third kappa shape index (κ3) is 43.0. The molecule has 0 bridgehead atoms. The molecule has 40 heavy (non-hydrogen) atoms. The van der Waals surface area contributed by atoms with Crippen molar-refractivity contribution in [1.29, 1.82) is 0 Å². The van der Waals surface area contributed by atoms with Gasteiger partial charge in [0, 0.05) is 12.8 Å². The number of carbonyl (C=O) groups is 2. The van der Waals surface area contributed by atoms with Crippen LogP contribution in [0.25, 0.3) is 0 Å². The van der Waals surface area contributed by atoms with Crippen LogP contribution in [0.1, 0.15) is 167 Å². The molecule has 0 aliphatic rings. The Hall–Kier alpha value is -2.10. The molecule has 232 valence electrons. The molecule has 0 radical (unpaired) electrons. The molecule has 0 spiro atoms. The van der Waals surface area contributed by atoms with E-state index < -0.39 is 11.9 Å². The van der Waals surface area contributed by atoms with Gasteiger partial charge in [-0.15, -0.1) is 13.2 Å². The first-order valence-electron chi connectivity index (χ1n) is 16.5. The van der Waals surface area contributed by atoms with Gasteiger partial charge in [0.05, 0.1) is 0 Å². The standard InChI is InChI=1S/C18H32O4.C18H32/c19-17(20)15-13-11-9-7-5-3-1-2-4-6-8-10-12-14-16-18(21)22;1-3-5-7-9-11-13-15-17-18-16-14-12-10-8-6-4-2/h1-2H,3-16H2,(H,19,20)(H,21,22);3-4,17-18H,1-2,5-16H2/b2-1-;18-17-. The first kappa shape index (κ1) is 40.0. The molecule has 0 unspecified atom stereocenters. The smallest absolute Gasteiger partial charge is 0.303 e. The van der Waals surface area contributed by atoms with E-state index in [9.17, 15) is 9.59 Å². The average molecular weight is 561 g/mol. The van der Waals surface area contributed by atoms with E-state index in [1.807, 2.05) is 12.2 Å². The molecule has 0 heterocycles. The summed E-state index contributed by atoms with van der Waals surface area (Å²) in [6.45, 7) is 7.49. The molecule has 0 rings (SSSR count). The van der Waals surface area contributed by atoms with Crippen LogP contribution in [-0.2, 0) is 9.59 Å². The van der Waals surface area contributed by atoms with Crippen molar-refractivity contribution in [3.8, 4) is 0 Å². The zero-order valence-electron chi connectivity index (χ0n) is 26.0. The summed E-state index contributed by atoms with van der Waals surface area (Å²) in [5, 5.41) is 17.0.